The molecule has 1 saturated heterocycles. The highest BCUT2D eigenvalue weighted by Crippen LogP contribution is 2.09. The van der Waals surface area contributed by atoms with E-state index in [1.165, 1.54) is 0 Å². The fourth-order valence-electron chi connectivity index (χ4n) is 2.55. The lowest BCUT2D eigenvalue weighted by atomic mass is 10.2. The van der Waals surface area contributed by atoms with Crippen molar-refractivity contribution >= 4 is 12.0 Å². The molecule has 24 heavy (non-hydrogen) atoms. The second-order valence-corrected chi connectivity index (χ2v) is 5.53. The predicted molar refractivity (Wildman–Crippen MR) is 88.3 cm³/mol. The maximum atomic E-state index is 12.3. The van der Waals surface area contributed by atoms with Gasteiger partial charge in [0.05, 0.1) is 0 Å². The number of benzene rings is 1. The maximum absolute atomic E-state index is 12.3. The van der Waals surface area contributed by atoms with Gasteiger partial charge >= 0.3 is 6.09 Å². The van der Waals surface area contributed by atoms with E-state index >= 15 is 0 Å². The summed E-state index contributed by atoms with van der Waals surface area (Å²) in [6, 6.07) is 14.8. The second-order valence-electron chi connectivity index (χ2n) is 5.53. The summed E-state index contributed by atoms with van der Waals surface area (Å²) >= 11 is 0. The molecule has 0 bridgehead atoms. The van der Waals surface area contributed by atoms with Gasteiger partial charge in [0.15, 0.2) is 0 Å². The Kier molecular flexibility index (Phi) is 5.05. The Morgan fingerprint density at radius 1 is 0.917 bits per heavy atom. The van der Waals surface area contributed by atoms with Crippen LogP contribution in [0.3, 0.4) is 0 Å². The standard InChI is InChI=1S/C18H19N3O3/c22-17(16-8-4-5-9-19-16)20-10-12-21(13-11-20)18(23)24-14-15-6-2-1-3-7-15/h1-9H,10-14H2. The van der Waals surface area contributed by atoms with Crippen LogP contribution in [0.25, 0.3) is 0 Å². The van der Waals surface area contributed by atoms with Crippen LogP contribution in [0, 0.1) is 0 Å². The Morgan fingerprint density at radius 3 is 2.25 bits per heavy atom. The molecule has 1 aliphatic rings. The van der Waals surface area contributed by atoms with Gasteiger partial charge in [-0.1, -0.05) is 36.4 Å². The Bertz CT molecular complexity index is 683. The van der Waals surface area contributed by atoms with Crippen molar-refractivity contribution in [2.45, 2.75) is 6.61 Å². The average molecular weight is 325 g/mol. The topological polar surface area (TPSA) is 62.7 Å². The van der Waals surface area contributed by atoms with Crippen molar-refractivity contribution in [2.24, 2.45) is 0 Å². The van der Waals surface area contributed by atoms with Crippen LogP contribution in [0.2, 0.25) is 0 Å². The van der Waals surface area contributed by atoms with Gasteiger partial charge in [-0.3, -0.25) is 9.78 Å². The van der Waals surface area contributed by atoms with Crippen LogP contribution in [0.15, 0.2) is 54.7 Å². The minimum absolute atomic E-state index is 0.104. The first-order chi connectivity index (χ1) is 11.7. The number of carbonyl (C=O) groups excluding carboxylic acids is 2. The molecule has 0 spiro atoms. The third-order valence-corrected chi connectivity index (χ3v) is 3.91. The van der Waals surface area contributed by atoms with E-state index in [0.717, 1.165) is 5.56 Å². The molecule has 0 N–H and O–H groups in total. The van der Waals surface area contributed by atoms with Crippen molar-refractivity contribution in [3.05, 3.63) is 66.0 Å². The molecule has 1 aromatic heterocycles. The number of carbonyl (C=O) groups is 2. The molecule has 2 heterocycles. The third kappa shape index (κ3) is 3.90. The summed E-state index contributed by atoms with van der Waals surface area (Å²) in [5.74, 6) is -0.104. The summed E-state index contributed by atoms with van der Waals surface area (Å²) in [6.45, 7) is 2.15. The molecule has 0 saturated carbocycles. The molecule has 0 atom stereocenters. The molecule has 3 rings (SSSR count). The number of hydrogen-bond acceptors (Lipinski definition) is 4. The van der Waals surface area contributed by atoms with Gasteiger partial charge in [0.1, 0.15) is 12.3 Å². The highest BCUT2D eigenvalue weighted by molar-refractivity contribution is 5.92. The molecule has 0 unspecified atom stereocenters. The fraction of sp³-hybridized carbons (Fsp3) is 0.278. The molecule has 0 radical (unpaired) electrons. The fourth-order valence-corrected chi connectivity index (χ4v) is 2.55. The third-order valence-electron chi connectivity index (χ3n) is 3.91. The quantitative estimate of drug-likeness (QED) is 0.868. The molecular formula is C18H19N3O3. The SMILES string of the molecule is O=C(OCc1ccccc1)N1CCN(C(=O)c2ccccn2)CC1. The van der Waals surface area contributed by atoms with Crippen LogP contribution in [-0.4, -0.2) is 53.0 Å². The van der Waals surface area contributed by atoms with Crippen molar-refractivity contribution in [2.75, 3.05) is 26.2 Å². The highest BCUT2D eigenvalue weighted by Gasteiger charge is 2.26. The number of rotatable bonds is 3. The first-order valence-corrected chi connectivity index (χ1v) is 7.90. The second kappa shape index (κ2) is 7.59. The van der Waals surface area contributed by atoms with Gasteiger partial charge in [0.25, 0.3) is 5.91 Å². The lowest BCUT2D eigenvalue weighted by molar-refractivity contribution is 0.0540. The summed E-state index contributed by atoms with van der Waals surface area (Å²) in [4.78, 5) is 31.8. The Labute approximate surface area is 140 Å². The average Bonchev–Trinajstić information content (AvgIpc) is 2.67. The highest BCUT2D eigenvalue weighted by atomic mass is 16.6. The van der Waals surface area contributed by atoms with E-state index in [9.17, 15) is 9.59 Å². The molecule has 6 nitrogen and oxygen atoms in total. The zero-order valence-electron chi connectivity index (χ0n) is 13.3. The van der Waals surface area contributed by atoms with E-state index in [0.29, 0.717) is 31.9 Å². The summed E-state index contributed by atoms with van der Waals surface area (Å²) < 4.78 is 5.32. The summed E-state index contributed by atoms with van der Waals surface area (Å²) in [7, 11) is 0. The number of ether oxygens (including phenoxy) is 1. The van der Waals surface area contributed by atoms with Crippen LogP contribution in [-0.2, 0) is 11.3 Å². The summed E-state index contributed by atoms with van der Waals surface area (Å²) in [5, 5.41) is 0. The maximum Gasteiger partial charge on any atom is 0.410 e. The lowest BCUT2D eigenvalue weighted by Gasteiger charge is -2.33. The van der Waals surface area contributed by atoms with Crippen molar-refractivity contribution in [3.63, 3.8) is 0 Å². The van der Waals surface area contributed by atoms with Gasteiger partial charge in [-0.05, 0) is 17.7 Å². The van der Waals surface area contributed by atoms with E-state index in [1.54, 1.807) is 34.2 Å². The first kappa shape index (κ1) is 16.0. The van der Waals surface area contributed by atoms with Crippen LogP contribution < -0.4 is 0 Å². The molecule has 2 aromatic rings. The number of aromatic nitrogens is 1. The Hall–Kier alpha value is -2.89. The van der Waals surface area contributed by atoms with Gasteiger partial charge in [0, 0.05) is 32.4 Å². The Balaban J connectivity index is 1.48. The van der Waals surface area contributed by atoms with Crippen molar-refractivity contribution in [1.29, 1.82) is 0 Å². The van der Waals surface area contributed by atoms with Gasteiger partial charge in [-0.25, -0.2) is 4.79 Å². The van der Waals surface area contributed by atoms with Crippen molar-refractivity contribution in [1.82, 2.24) is 14.8 Å². The number of amides is 2. The largest absolute Gasteiger partial charge is 0.445 e. The molecule has 124 valence electrons. The molecule has 1 aromatic carbocycles. The Morgan fingerprint density at radius 2 is 1.58 bits per heavy atom. The first-order valence-electron chi connectivity index (χ1n) is 7.90. The molecule has 1 fully saturated rings. The van der Waals surface area contributed by atoms with E-state index in [-0.39, 0.29) is 18.6 Å². The van der Waals surface area contributed by atoms with Crippen LogP contribution in [0.5, 0.6) is 0 Å². The summed E-state index contributed by atoms with van der Waals surface area (Å²) in [6.07, 6.45) is 1.26. The molecule has 2 amide bonds. The number of nitrogens with zero attached hydrogens (tertiary/aromatic N) is 3. The minimum atomic E-state index is -0.344. The predicted octanol–water partition coefficient (Wildman–Crippen LogP) is 2.18. The lowest BCUT2D eigenvalue weighted by Crippen LogP contribution is -2.50. The van der Waals surface area contributed by atoms with Crippen LogP contribution >= 0.6 is 0 Å². The zero-order valence-corrected chi connectivity index (χ0v) is 13.3. The van der Waals surface area contributed by atoms with Gasteiger partial charge in [0.2, 0.25) is 0 Å². The summed E-state index contributed by atoms with van der Waals surface area (Å²) in [5.41, 5.74) is 1.38. The van der Waals surface area contributed by atoms with Crippen LogP contribution in [0.1, 0.15) is 16.1 Å². The normalized spacial score (nSPS) is 14.3. The molecular weight excluding hydrogens is 306 g/mol. The molecule has 1 aliphatic heterocycles. The van der Waals surface area contributed by atoms with Gasteiger partial charge < -0.3 is 14.5 Å². The monoisotopic (exact) mass is 325 g/mol. The van der Waals surface area contributed by atoms with E-state index in [2.05, 4.69) is 4.98 Å². The van der Waals surface area contributed by atoms with E-state index in [4.69, 9.17) is 4.74 Å². The van der Waals surface area contributed by atoms with Gasteiger partial charge in [-0.15, -0.1) is 0 Å². The van der Waals surface area contributed by atoms with Crippen molar-refractivity contribution < 1.29 is 14.3 Å². The number of piperazine rings is 1. The van der Waals surface area contributed by atoms with E-state index in [1.807, 2.05) is 30.3 Å². The zero-order chi connectivity index (χ0) is 16.8. The van der Waals surface area contributed by atoms with Crippen molar-refractivity contribution in [3.8, 4) is 0 Å². The molecule has 0 aliphatic carbocycles. The van der Waals surface area contributed by atoms with E-state index < -0.39 is 0 Å². The van der Waals surface area contributed by atoms with Gasteiger partial charge in [-0.2, -0.15) is 0 Å². The smallest absolute Gasteiger partial charge is 0.410 e. The minimum Gasteiger partial charge on any atom is -0.445 e. The van der Waals surface area contributed by atoms with Crippen LogP contribution in [0.4, 0.5) is 4.79 Å². The number of pyridine rings is 1. The number of hydrogen-bond donors (Lipinski definition) is 0. The molecule has 6 heteroatoms.